The third-order valence-electron chi connectivity index (χ3n) is 4.62. The highest BCUT2D eigenvalue weighted by atomic mass is 32.1. The van der Waals surface area contributed by atoms with Crippen LogP contribution >= 0.6 is 11.5 Å². The third kappa shape index (κ3) is 2.62. The van der Waals surface area contributed by atoms with E-state index in [2.05, 4.69) is 42.0 Å². The van der Waals surface area contributed by atoms with Gasteiger partial charge in [0, 0.05) is 24.3 Å². The first-order valence-electron chi connectivity index (χ1n) is 8.14. The van der Waals surface area contributed by atoms with Gasteiger partial charge in [-0.1, -0.05) is 0 Å². The maximum atomic E-state index is 11.0. The molecule has 1 aliphatic heterocycles. The van der Waals surface area contributed by atoms with Crippen LogP contribution in [0.3, 0.4) is 0 Å². The second-order valence-electron chi connectivity index (χ2n) is 6.21. The Labute approximate surface area is 149 Å². The molecular weight excluding hydrogens is 336 g/mol. The summed E-state index contributed by atoms with van der Waals surface area (Å²) in [6.45, 7) is 7.59. The number of hydrogen-bond donors (Lipinski definition) is 0. The topological polar surface area (TPSA) is 76.8 Å². The van der Waals surface area contributed by atoms with E-state index in [9.17, 15) is 4.79 Å². The molecule has 25 heavy (non-hydrogen) atoms. The highest BCUT2D eigenvalue weighted by Gasteiger charge is 2.29. The number of benzene rings is 1. The number of hydrogen-bond acceptors (Lipinski definition) is 7. The Morgan fingerprint density at radius 1 is 1.24 bits per heavy atom. The monoisotopic (exact) mass is 354 g/mol. The van der Waals surface area contributed by atoms with Gasteiger partial charge in [0.15, 0.2) is 16.7 Å². The number of carbonyl (C=O) groups is 1. The molecule has 128 valence electrons. The van der Waals surface area contributed by atoms with Gasteiger partial charge in [0.05, 0.1) is 6.04 Å². The van der Waals surface area contributed by atoms with E-state index in [4.69, 9.17) is 0 Å². The predicted molar refractivity (Wildman–Crippen MR) is 96.0 cm³/mol. The van der Waals surface area contributed by atoms with Gasteiger partial charge in [-0.25, -0.2) is 4.98 Å². The van der Waals surface area contributed by atoms with Gasteiger partial charge >= 0.3 is 0 Å². The van der Waals surface area contributed by atoms with Crippen molar-refractivity contribution in [2.45, 2.75) is 33.4 Å². The molecule has 0 bridgehead atoms. The molecule has 7 nitrogen and oxygen atoms in total. The summed E-state index contributed by atoms with van der Waals surface area (Å²) >= 11 is 1.35. The number of nitrogens with zero attached hydrogens (tertiary/aromatic N) is 6. The van der Waals surface area contributed by atoms with E-state index >= 15 is 0 Å². The molecule has 4 rings (SSSR count). The zero-order valence-electron chi connectivity index (χ0n) is 14.3. The highest BCUT2D eigenvalue weighted by Crippen LogP contribution is 2.33. The molecule has 0 aliphatic carbocycles. The average molecular weight is 354 g/mol. The molecule has 8 heteroatoms. The molecule has 2 aromatic heterocycles. The van der Waals surface area contributed by atoms with Crippen LogP contribution in [-0.2, 0) is 6.54 Å². The highest BCUT2D eigenvalue weighted by molar-refractivity contribution is 7.09. The van der Waals surface area contributed by atoms with E-state index in [1.807, 2.05) is 26.0 Å². The molecule has 0 N–H and O–H groups in total. The van der Waals surface area contributed by atoms with Gasteiger partial charge in [-0.3, -0.25) is 4.79 Å². The van der Waals surface area contributed by atoms with Crippen molar-refractivity contribution in [1.29, 1.82) is 0 Å². The number of fused-ring (bicyclic) bond motifs is 1. The summed E-state index contributed by atoms with van der Waals surface area (Å²) in [5.41, 5.74) is 2.81. The summed E-state index contributed by atoms with van der Waals surface area (Å²) in [5, 5.41) is 9.57. The van der Waals surface area contributed by atoms with E-state index in [0.717, 1.165) is 58.7 Å². The maximum Gasteiger partial charge on any atom is 0.194 e. The molecule has 3 heterocycles. The molecule has 1 aromatic carbocycles. The number of aryl methyl sites for hydroxylation is 2. The fourth-order valence-electron chi connectivity index (χ4n) is 3.25. The van der Waals surface area contributed by atoms with E-state index in [0.29, 0.717) is 0 Å². The zero-order chi connectivity index (χ0) is 17.6. The third-order valence-corrected chi connectivity index (χ3v) is 5.42. The summed E-state index contributed by atoms with van der Waals surface area (Å²) in [6, 6.07) is 6.01. The van der Waals surface area contributed by atoms with Crippen LogP contribution in [0, 0.1) is 13.8 Å². The molecule has 3 aromatic rings. The zero-order valence-corrected chi connectivity index (χ0v) is 15.1. The van der Waals surface area contributed by atoms with Gasteiger partial charge in [-0.15, -0.1) is 10.2 Å². The first-order valence-corrected chi connectivity index (χ1v) is 8.92. The average Bonchev–Trinajstić information content (AvgIpc) is 3.21. The Balaban J connectivity index is 1.68. The molecule has 0 amide bonds. The smallest absolute Gasteiger partial charge is 0.194 e. The lowest BCUT2D eigenvalue weighted by molar-refractivity contribution is 0.112. The first kappa shape index (κ1) is 15.9. The first-order chi connectivity index (χ1) is 12.1. The SMILES string of the molecule is Cc1nsc(-c2nnc3n2CCN(c2ccc(C=O)c(C)c2)[C@@H]3C)n1. The summed E-state index contributed by atoms with van der Waals surface area (Å²) in [5.74, 6) is 2.47. The standard InChI is InChI=1S/C17H18N6OS/c1-10-8-14(5-4-13(10)9-24)22-6-7-23-15(11(22)2)19-20-16(23)17-18-12(3)21-25-17/h4-5,8-9,11H,6-7H2,1-3H3/t11-/m1/s1. The quantitative estimate of drug-likeness (QED) is 0.673. The summed E-state index contributed by atoms with van der Waals surface area (Å²) in [4.78, 5) is 17.8. The molecule has 1 atom stereocenters. The van der Waals surface area contributed by atoms with Gasteiger partial charge in [0.1, 0.15) is 12.1 Å². The van der Waals surface area contributed by atoms with Crippen LogP contribution in [-0.4, -0.2) is 37.0 Å². The second-order valence-corrected chi connectivity index (χ2v) is 6.96. The van der Waals surface area contributed by atoms with Gasteiger partial charge in [0.2, 0.25) is 0 Å². The van der Waals surface area contributed by atoms with Gasteiger partial charge < -0.3 is 9.47 Å². The van der Waals surface area contributed by atoms with Gasteiger partial charge in [-0.2, -0.15) is 4.37 Å². The largest absolute Gasteiger partial charge is 0.360 e. The lowest BCUT2D eigenvalue weighted by Crippen LogP contribution is -2.37. The number of aldehydes is 1. The molecular formula is C17H18N6OS. The molecule has 0 unspecified atom stereocenters. The number of carbonyl (C=O) groups excluding carboxylic acids is 1. The van der Waals surface area contributed by atoms with Crippen LogP contribution in [0.2, 0.25) is 0 Å². The molecule has 0 fully saturated rings. The minimum absolute atomic E-state index is 0.0884. The number of rotatable bonds is 3. The minimum atomic E-state index is 0.0884. The summed E-state index contributed by atoms with van der Waals surface area (Å²) in [6.07, 6.45) is 0.895. The van der Waals surface area contributed by atoms with Gasteiger partial charge in [-0.05, 0) is 56.1 Å². The van der Waals surface area contributed by atoms with Crippen LogP contribution in [0.5, 0.6) is 0 Å². The molecule has 1 aliphatic rings. The summed E-state index contributed by atoms with van der Waals surface area (Å²) < 4.78 is 6.37. The van der Waals surface area contributed by atoms with E-state index in [-0.39, 0.29) is 6.04 Å². The molecule has 0 saturated carbocycles. The Kier molecular flexibility index (Phi) is 3.84. The number of anilines is 1. The maximum absolute atomic E-state index is 11.0. The van der Waals surface area contributed by atoms with E-state index in [1.54, 1.807) is 0 Å². The van der Waals surface area contributed by atoms with Crippen molar-refractivity contribution in [2.75, 3.05) is 11.4 Å². The Morgan fingerprint density at radius 2 is 2.08 bits per heavy atom. The van der Waals surface area contributed by atoms with Crippen molar-refractivity contribution in [3.8, 4) is 10.8 Å². The van der Waals surface area contributed by atoms with Crippen molar-refractivity contribution >= 4 is 23.5 Å². The lowest BCUT2D eigenvalue weighted by Gasteiger charge is -2.35. The molecule has 0 saturated heterocycles. The second kappa shape index (κ2) is 6.03. The Hall–Kier alpha value is -2.61. The Bertz CT molecular complexity index is 947. The van der Waals surface area contributed by atoms with Crippen molar-refractivity contribution in [3.05, 3.63) is 41.0 Å². The lowest BCUT2D eigenvalue weighted by atomic mass is 10.1. The van der Waals surface area contributed by atoms with Crippen LogP contribution in [0.4, 0.5) is 5.69 Å². The minimum Gasteiger partial charge on any atom is -0.360 e. The van der Waals surface area contributed by atoms with Crippen LogP contribution in [0.15, 0.2) is 18.2 Å². The Morgan fingerprint density at radius 3 is 2.76 bits per heavy atom. The van der Waals surface area contributed by atoms with Crippen molar-refractivity contribution < 1.29 is 4.79 Å². The van der Waals surface area contributed by atoms with Gasteiger partial charge in [0.25, 0.3) is 0 Å². The fourth-order valence-corrected chi connectivity index (χ4v) is 3.92. The predicted octanol–water partition coefficient (Wildman–Crippen LogP) is 2.81. The molecule has 0 radical (unpaired) electrons. The van der Waals surface area contributed by atoms with Crippen molar-refractivity contribution in [2.24, 2.45) is 0 Å². The van der Waals surface area contributed by atoms with E-state index in [1.165, 1.54) is 11.5 Å². The summed E-state index contributed by atoms with van der Waals surface area (Å²) in [7, 11) is 0. The van der Waals surface area contributed by atoms with Crippen LogP contribution < -0.4 is 4.90 Å². The normalized spacial score (nSPS) is 16.8. The van der Waals surface area contributed by atoms with Crippen LogP contribution in [0.25, 0.3) is 10.8 Å². The fraction of sp³-hybridized carbons (Fsp3) is 0.353. The van der Waals surface area contributed by atoms with Crippen molar-refractivity contribution in [3.63, 3.8) is 0 Å². The van der Waals surface area contributed by atoms with Crippen LogP contribution in [0.1, 0.15) is 40.5 Å². The molecule has 0 spiro atoms. The van der Waals surface area contributed by atoms with E-state index < -0.39 is 0 Å². The van der Waals surface area contributed by atoms with Crippen molar-refractivity contribution in [1.82, 2.24) is 24.1 Å². The number of aromatic nitrogens is 5.